The highest BCUT2D eigenvalue weighted by molar-refractivity contribution is 5.35. The van der Waals surface area contributed by atoms with Crippen molar-refractivity contribution in [2.24, 2.45) is 5.92 Å². The molecule has 0 saturated heterocycles. The molecular formula is C16H24FN. The first-order valence-corrected chi connectivity index (χ1v) is 7.14. The van der Waals surface area contributed by atoms with Crippen molar-refractivity contribution < 1.29 is 4.39 Å². The standard InChI is InChI=1S/C16H24FN/c1-4-11(2)9-12(3)18-16-8-5-13-10-14(17)6-7-15(13)16/h6-7,10-12,16,18H,4-5,8-9H2,1-3H3. The van der Waals surface area contributed by atoms with Crippen LogP contribution >= 0.6 is 0 Å². The maximum Gasteiger partial charge on any atom is 0.123 e. The zero-order chi connectivity index (χ0) is 13.1. The Morgan fingerprint density at radius 2 is 2.17 bits per heavy atom. The quantitative estimate of drug-likeness (QED) is 0.823. The summed E-state index contributed by atoms with van der Waals surface area (Å²) in [5, 5.41) is 3.70. The summed E-state index contributed by atoms with van der Waals surface area (Å²) in [4.78, 5) is 0. The molecular weight excluding hydrogens is 225 g/mol. The Morgan fingerprint density at radius 3 is 2.89 bits per heavy atom. The molecule has 0 amide bonds. The molecule has 0 bridgehead atoms. The Labute approximate surface area is 110 Å². The minimum atomic E-state index is -0.109. The summed E-state index contributed by atoms with van der Waals surface area (Å²) < 4.78 is 13.1. The lowest BCUT2D eigenvalue weighted by atomic mass is 9.99. The van der Waals surface area contributed by atoms with Crippen molar-refractivity contribution in [2.75, 3.05) is 0 Å². The Kier molecular flexibility index (Phi) is 4.39. The van der Waals surface area contributed by atoms with Gasteiger partial charge in [0.05, 0.1) is 0 Å². The van der Waals surface area contributed by atoms with E-state index in [0.29, 0.717) is 12.1 Å². The minimum Gasteiger partial charge on any atom is -0.307 e. The third kappa shape index (κ3) is 3.11. The van der Waals surface area contributed by atoms with E-state index >= 15 is 0 Å². The van der Waals surface area contributed by atoms with Gasteiger partial charge in [-0.15, -0.1) is 0 Å². The predicted molar refractivity (Wildman–Crippen MR) is 74.1 cm³/mol. The molecule has 18 heavy (non-hydrogen) atoms. The second-order valence-corrected chi connectivity index (χ2v) is 5.75. The van der Waals surface area contributed by atoms with Crippen molar-refractivity contribution in [3.05, 3.63) is 35.1 Å². The van der Waals surface area contributed by atoms with Gasteiger partial charge in [-0.3, -0.25) is 0 Å². The van der Waals surface area contributed by atoms with Gasteiger partial charge in [0, 0.05) is 12.1 Å². The zero-order valence-corrected chi connectivity index (χ0v) is 11.7. The predicted octanol–water partition coefficient (Wildman–Crippen LogP) is 4.23. The van der Waals surface area contributed by atoms with Crippen LogP contribution < -0.4 is 5.32 Å². The van der Waals surface area contributed by atoms with Crippen molar-refractivity contribution in [2.45, 2.75) is 58.5 Å². The van der Waals surface area contributed by atoms with Gasteiger partial charge in [-0.05, 0) is 55.4 Å². The van der Waals surface area contributed by atoms with Gasteiger partial charge in [0.25, 0.3) is 0 Å². The van der Waals surface area contributed by atoms with Gasteiger partial charge in [-0.25, -0.2) is 4.39 Å². The molecule has 1 nitrogen and oxygen atoms in total. The fraction of sp³-hybridized carbons (Fsp3) is 0.625. The third-order valence-corrected chi connectivity index (χ3v) is 4.12. The van der Waals surface area contributed by atoms with Crippen LogP contribution in [0.5, 0.6) is 0 Å². The summed E-state index contributed by atoms with van der Waals surface area (Å²) in [6.45, 7) is 6.80. The van der Waals surface area contributed by atoms with E-state index in [2.05, 4.69) is 26.1 Å². The summed E-state index contributed by atoms with van der Waals surface area (Å²) in [6, 6.07) is 6.17. The van der Waals surface area contributed by atoms with Gasteiger partial charge in [0.15, 0.2) is 0 Å². The molecule has 0 heterocycles. The monoisotopic (exact) mass is 249 g/mol. The Hall–Kier alpha value is -0.890. The maximum atomic E-state index is 13.1. The molecule has 0 fully saturated rings. The van der Waals surface area contributed by atoms with E-state index < -0.39 is 0 Å². The first-order chi connectivity index (χ1) is 8.60. The molecule has 1 aromatic rings. The molecule has 1 aliphatic rings. The average molecular weight is 249 g/mol. The Morgan fingerprint density at radius 1 is 1.39 bits per heavy atom. The molecule has 3 unspecified atom stereocenters. The molecule has 1 aromatic carbocycles. The summed E-state index contributed by atoms with van der Waals surface area (Å²) in [6.07, 6.45) is 4.55. The van der Waals surface area contributed by atoms with E-state index in [9.17, 15) is 4.39 Å². The number of fused-ring (bicyclic) bond motifs is 1. The van der Waals surface area contributed by atoms with E-state index in [-0.39, 0.29) is 5.82 Å². The molecule has 0 aliphatic heterocycles. The van der Waals surface area contributed by atoms with Crippen LogP contribution in [0.15, 0.2) is 18.2 Å². The first kappa shape index (κ1) is 13.5. The molecule has 1 N–H and O–H groups in total. The summed E-state index contributed by atoms with van der Waals surface area (Å²) >= 11 is 0. The number of halogens is 1. The number of benzene rings is 1. The van der Waals surface area contributed by atoms with Crippen LogP contribution in [0.1, 0.15) is 57.2 Å². The van der Waals surface area contributed by atoms with Crippen LogP contribution in [-0.2, 0) is 6.42 Å². The molecule has 0 saturated carbocycles. The maximum absolute atomic E-state index is 13.1. The molecule has 100 valence electrons. The summed E-state index contributed by atoms with van der Waals surface area (Å²) in [5.74, 6) is 0.656. The topological polar surface area (TPSA) is 12.0 Å². The van der Waals surface area contributed by atoms with Crippen molar-refractivity contribution in [1.82, 2.24) is 5.32 Å². The van der Waals surface area contributed by atoms with Crippen LogP contribution in [0.4, 0.5) is 4.39 Å². The third-order valence-electron chi connectivity index (χ3n) is 4.12. The molecule has 0 aromatic heterocycles. The number of hydrogen-bond acceptors (Lipinski definition) is 1. The smallest absolute Gasteiger partial charge is 0.123 e. The van der Waals surface area contributed by atoms with Crippen molar-refractivity contribution in [3.63, 3.8) is 0 Å². The largest absolute Gasteiger partial charge is 0.307 e. The molecule has 2 rings (SSSR count). The molecule has 3 atom stereocenters. The SMILES string of the molecule is CCC(C)CC(C)NC1CCc2cc(F)ccc21. The molecule has 1 aliphatic carbocycles. The van der Waals surface area contributed by atoms with Gasteiger partial charge >= 0.3 is 0 Å². The Bertz CT molecular complexity index is 402. The fourth-order valence-electron chi connectivity index (χ4n) is 2.94. The highest BCUT2D eigenvalue weighted by Gasteiger charge is 2.24. The summed E-state index contributed by atoms with van der Waals surface area (Å²) in [5.41, 5.74) is 2.48. The van der Waals surface area contributed by atoms with Crippen molar-refractivity contribution in [3.8, 4) is 0 Å². The Balaban J connectivity index is 1.97. The lowest BCUT2D eigenvalue weighted by Crippen LogP contribution is -2.30. The van der Waals surface area contributed by atoms with Crippen LogP contribution in [0.3, 0.4) is 0 Å². The summed E-state index contributed by atoms with van der Waals surface area (Å²) in [7, 11) is 0. The van der Waals surface area contributed by atoms with E-state index in [4.69, 9.17) is 0 Å². The first-order valence-electron chi connectivity index (χ1n) is 7.14. The van der Waals surface area contributed by atoms with Crippen LogP contribution in [0, 0.1) is 11.7 Å². The molecule has 2 heteroatoms. The number of nitrogens with one attached hydrogen (secondary N) is 1. The normalized spacial score (nSPS) is 21.7. The molecule has 0 spiro atoms. The van der Waals surface area contributed by atoms with E-state index in [1.54, 1.807) is 12.1 Å². The number of hydrogen-bond donors (Lipinski definition) is 1. The van der Waals surface area contributed by atoms with Gasteiger partial charge in [-0.1, -0.05) is 26.3 Å². The lowest BCUT2D eigenvalue weighted by Gasteiger charge is -2.22. The fourth-order valence-corrected chi connectivity index (χ4v) is 2.94. The van der Waals surface area contributed by atoms with Gasteiger partial charge in [0.1, 0.15) is 5.82 Å². The second kappa shape index (κ2) is 5.83. The van der Waals surface area contributed by atoms with Crippen molar-refractivity contribution in [1.29, 1.82) is 0 Å². The van der Waals surface area contributed by atoms with Gasteiger partial charge in [-0.2, -0.15) is 0 Å². The number of aryl methyl sites for hydroxylation is 1. The highest BCUT2D eigenvalue weighted by atomic mass is 19.1. The highest BCUT2D eigenvalue weighted by Crippen LogP contribution is 2.32. The van der Waals surface area contributed by atoms with Crippen molar-refractivity contribution >= 4 is 0 Å². The van der Waals surface area contributed by atoms with Crippen LogP contribution in [0.2, 0.25) is 0 Å². The van der Waals surface area contributed by atoms with Gasteiger partial charge < -0.3 is 5.32 Å². The van der Waals surface area contributed by atoms with E-state index in [0.717, 1.165) is 18.8 Å². The van der Waals surface area contributed by atoms with Crippen LogP contribution in [-0.4, -0.2) is 6.04 Å². The zero-order valence-electron chi connectivity index (χ0n) is 11.7. The second-order valence-electron chi connectivity index (χ2n) is 5.75. The minimum absolute atomic E-state index is 0.109. The molecule has 0 radical (unpaired) electrons. The van der Waals surface area contributed by atoms with E-state index in [1.807, 2.05) is 6.07 Å². The average Bonchev–Trinajstić information content (AvgIpc) is 2.71. The van der Waals surface area contributed by atoms with Crippen LogP contribution in [0.25, 0.3) is 0 Å². The van der Waals surface area contributed by atoms with Gasteiger partial charge in [0.2, 0.25) is 0 Å². The lowest BCUT2D eigenvalue weighted by molar-refractivity contribution is 0.374. The number of rotatable bonds is 5. The van der Waals surface area contributed by atoms with E-state index in [1.165, 1.54) is 24.0 Å².